The van der Waals surface area contributed by atoms with E-state index in [0.29, 0.717) is 19.3 Å². The smallest absolute Gasteiger partial charge is 0.306 e. The van der Waals surface area contributed by atoms with Gasteiger partial charge in [-0.25, -0.2) is 0 Å². The molecular formula is C67H124O6. The monoisotopic (exact) mass is 1020 g/mol. The maximum absolute atomic E-state index is 12.9. The summed E-state index contributed by atoms with van der Waals surface area (Å²) in [4.78, 5) is 38.3. The van der Waals surface area contributed by atoms with Gasteiger partial charge >= 0.3 is 17.9 Å². The molecule has 1 unspecified atom stereocenters. The van der Waals surface area contributed by atoms with Crippen LogP contribution >= 0.6 is 0 Å². The van der Waals surface area contributed by atoms with E-state index >= 15 is 0 Å². The molecule has 0 aromatic heterocycles. The van der Waals surface area contributed by atoms with Crippen molar-refractivity contribution < 1.29 is 28.6 Å². The average molecular weight is 1030 g/mol. The van der Waals surface area contributed by atoms with E-state index in [9.17, 15) is 14.4 Å². The van der Waals surface area contributed by atoms with E-state index in [1.54, 1.807) is 0 Å². The summed E-state index contributed by atoms with van der Waals surface area (Å²) >= 11 is 0. The van der Waals surface area contributed by atoms with Crippen molar-refractivity contribution in [1.82, 2.24) is 0 Å². The molecule has 0 saturated heterocycles. The van der Waals surface area contributed by atoms with Gasteiger partial charge in [0.2, 0.25) is 0 Å². The third kappa shape index (κ3) is 60.4. The van der Waals surface area contributed by atoms with Crippen molar-refractivity contribution >= 4 is 17.9 Å². The summed E-state index contributed by atoms with van der Waals surface area (Å²) in [5, 5.41) is 0. The molecule has 0 aromatic carbocycles. The minimum Gasteiger partial charge on any atom is -0.462 e. The van der Waals surface area contributed by atoms with Crippen LogP contribution < -0.4 is 0 Å². The van der Waals surface area contributed by atoms with Gasteiger partial charge in [0.1, 0.15) is 13.2 Å². The van der Waals surface area contributed by atoms with Gasteiger partial charge in [-0.15, -0.1) is 0 Å². The highest BCUT2D eigenvalue weighted by Crippen LogP contribution is 2.17. The van der Waals surface area contributed by atoms with Crippen molar-refractivity contribution in [2.24, 2.45) is 0 Å². The van der Waals surface area contributed by atoms with Gasteiger partial charge in [0.15, 0.2) is 6.10 Å². The zero-order valence-corrected chi connectivity index (χ0v) is 49.2. The molecule has 0 aliphatic rings. The number of allylic oxidation sites excluding steroid dienone is 6. The van der Waals surface area contributed by atoms with E-state index < -0.39 is 6.10 Å². The number of carbonyl (C=O) groups is 3. The van der Waals surface area contributed by atoms with Crippen LogP contribution in [-0.2, 0) is 28.6 Å². The second-order valence-electron chi connectivity index (χ2n) is 22.0. The number of esters is 3. The summed E-state index contributed by atoms with van der Waals surface area (Å²) < 4.78 is 16.9. The highest BCUT2D eigenvalue weighted by Gasteiger charge is 2.19. The van der Waals surface area contributed by atoms with Crippen LogP contribution in [0.15, 0.2) is 36.5 Å². The van der Waals surface area contributed by atoms with Crippen LogP contribution in [0, 0.1) is 0 Å². The molecule has 0 fully saturated rings. The molecule has 0 aromatic rings. The highest BCUT2D eigenvalue weighted by atomic mass is 16.6. The SMILES string of the molecule is CCCCCCC/C=C\CCCCCCCC(=O)OCC(COC(=O)CCCCCCCCCCCCCCC/C=C\CCCCCCCCCC)OC(=O)CCCCCCC/C=C\CCCCCCCCC. The molecule has 0 saturated carbocycles. The van der Waals surface area contributed by atoms with Crippen LogP contribution in [0.5, 0.6) is 0 Å². The van der Waals surface area contributed by atoms with Crippen molar-refractivity contribution in [1.29, 1.82) is 0 Å². The Bertz CT molecular complexity index is 1220. The first-order chi connectivity index (χ1) is 36.0. The molecule has 0 N–H and O–H groups in total. The Morgan fingerprint density at radius 1 is 0.260 bits per heavy atom. The second-order valence-corrected chi connectivity index (χ2v) is 22.0. The molecule has 0 amide bonds. The molecule has 0 radical (unpaired) electrons. The van der Waals surface area contributed by atoms with Gasteiger partial charge in [-0.3, -0.25) is 14.4 Å². The predicted molar refractivity (Wildman–Crippen MR) is 316 cm³/mol. The summed E-state index contributed by atoms with van der Waals surface area (Å²) in [5.74, 6) is -0.871. The number of unbranched alkanes of at least 4 members (excludes halogenated alkanes) is 43. The van der Waals surface area contributed by atoms with Crippen LogP contribution in [0.3, 0.4) is 0 Å². The second kappa shape index (κ2) is 62.2. The molecule has 6 heteroatoms. The van der Waals surface area contributed by atoms with Gasteiger partial charge in [-0.05, 0) is 96.3 Å². The summed E-state index contributed by atoms with van der Waals surface area (Å²) in [6, 6.07) is 0. The molecule has 0 spiro atoms. The van der Waals surface area contributed by atoms with Crippen LogP contribution in [0.1, 0.15) is 355 Å². The van der Waals surface area contributed by atoms with Gasteiger partial charge in [0.25, 0.3) is 0 Å². The van der Waals surface area contributed by atoms with Crippen LogP contribution in [-0.4, -0.2) is 37.2 Å². The quantitative estimate of drug-likeness (QED) is 0.0261. The number of rotatable bonds is 60. The Morgan fingerprint density at radius 3 is 0.685 bits per heavy atom. The van der Waals surface area contributed by atoms with Gasteiger partial charge < -0.3 is 14.2 Å². The Morgan fingerprint density at radius 2 is 0.452 bits per heavy atom. The molecule has 428 valence electrons. The Labute approximate surface area is 455 Å². The lowest BCUT2D eigenvalue weighted by Crippen LogP contribution is -2.30. The molecule has 6 nitrogen and oxygen atoms in total. The molecule has 73 heavy (non-hydrogen) atoms. The number of ether oxygens (including phenoxy) is 3. The van der Waals surface area contributed by atoms with Crippen molar-refractivity contribution in [3.8, 4) is 0 Å². The van der Waals surface area contributed by atoms with Gasteiger partial charge in [-0.2, -0.15) is 0 Å². The molecule has 0 rings (SSSR count). The van der Waals surface area contributed by atoms with Crippen molar-refractivity contribution in [3.05, 3.63) is 36.5 Å². The van der Waals surface area contributed by atoms with Gasteiger partial charge in [0.05, 0.1) is 0 Å². The lowest BCUT2D eigenvalue weighted by Gasteiger charge is -2.18. The molecular weight excluding hydrogens is 901 g/mol. The third-order valence-corrected chi connectivity index (χ3v) is 14.6. The highest BCUT2D eigenvalue weighted by molar-refractivity contribution is 5.71. The number of carbonyl (C=O) groups excluding carboxylic acids is 3. The van der Waals surface area contributed by atoms with E-state index in [-0.39, 0.29) is 31.1 Å². The van der Waals surface area contributed by atoms with Crippen LogP contribution in [0.2, 0.25) is 0 Å². The summed E-state index contributed by atoms with van der Waals surface area (Å²) in [6.45, 7) is 6.67. The topological polar surface area (TPSA) is 78.9 Å². The first kappa shape index (κ1) is 70.6. The summed E-state index contributed by atoms with van der Waals surface area (Å²) in [6.07, 6.45) is 75.8. The van der Waals surface area contributed by atoms with Gasteiger partial charge in [0, 0.05) is 19.3 Å². The lowest BCUT2D eigenvalue weighted by atomic mass is 10.0. The fourth-order valence-electron chi connectivity index (χ4n) is 9.67. The molecule has 0 heterocycles. The molecule has 1 atom stereocenters. The minimum atomic E-state index is -0.779. The molecule has 0 aliphatic carbocycles. The lowest BCUT2D eigenvalue weighted by molar-refractivity contribution is -0.167. The maximum atomic E-state index is 12.9. The van der Waals surface area contributed by atoms with E-state index in [1.165, 1.54) is 244 Å². The van der Waals surface area contributed by atoms with Crippen LogP contribution in [0.25, 0.3) is 0 Å². The number of hydrogen-bond donors (Lipinski definition) is 0. The standard InChI is InChI=1S/C67H124O6/c1-4-7-10-13-16-19-22-25-28-30-31-32-33-34-35-36-37-38-40-42-45-48-51-54-57-60-66(69)72-63-64(62-71-65(68)59-56-53-50-47-44-41-27-24-21-18-15-12-9-6-3)73-67(70)61-58-55-52-49-46-43-39-29-26-23-20-17-14-11-8-5-2/h24,27,29-31,39,64H,4-23,25-26,28,32-38,40-63H2,1-3H3/b27-24-,31-30-,39-29-. The summed E-state index contributed by atoms with van der Waals surface area (Å²) in [5.41, 5.74) is 0. The third-order valence-electron chi connectivity index (χ3n) is 14.6. The largest absolute Gasteiger partial charge is 0.462 e. The minimum absolute atomic E-state index is 0.0750. The maximum Gasteiger partial charge on any atom is 0.306 e. The Balaban J connectivity index is 4.26. The average Bonchev–Trinajstić information content (AvgIpc) is 3.39. The normalized spacial score (nSPS) is 12.2. The first-order valence-corrected chi connectivity index (χ1v) is 32.5. The van der Waals surface area contributed by atoms with E-state index in [1.807, 2.05) is 0 Å². The zero-order chi connectivity index (χ0) is 52.9. The summed E-state index contributed by atoms with van der Waals surface area (Å²) in [7, 11) is 0. The van der Waals surface area contributed by atoms with Crippen molar-refractivity contribution in [2.45, 2.75) is 361 Å². The number of hydrogen-bond acceptors (Lipinski definition) is 6. The molecule has 0 bridgehead atoms. The first-order valence-electron chi connectivity index (χ1n) is 32.5. The fraction of sp³-hybridized carbons (Fsp3) is 0.866. The van der Waals surface area contributed by atoms with E-state index in [0.717, 1.165) is 70.6 Å². The zero-order valence-electron chi connectivity index (χ0n) is 49.2. The van der Waals surface area contributed by atoms with E-state index in [2.05, 4.69) is 57.2 Å². The predicted octanol–water partition coefficient (Wildman–Crippen LogP) is 22.0. The van der Waals surface area contributed by atoms with Crippen LogP contribution in [0.4, 0.5) is 0 Å². The van der Waals surface area contributed by atoms with E-state index in [4.69, 9.17) is 14.2 Å². The van der Waals surface area contributed by atoms with Gasteiger partial charge in [-0.1, -0.05) is 276 Å². The fourth-order valence-corrected chi connectivity index (χ4v) is 9.67. The Hall–Kier alpha value is -2.37. The van der Waals surface area contributed by atoms with Crippen molar-refractivity contribution in [3.63, 3.8) is 0 Å². The Kier molecular flexibility index (Phi) is 60.2. The van der Waals surface area contributed by atoms with Crippen molar-refractivity contribution in [2.75, 3.05) is 13.2 Å². The molecule has 0 aliphatic heterocycles.